The van der Waals surface area contributed by atoms with Crippen LogP contribution in [0, 0.1) is 5.82 Å². The molecule has 1 heterocycles. The zero-order chi connectivity index (χ0) is 18.4. The van der Waals surface area contributed by atoms with Crippen LogP contribution in [-0.2, 0) is 9.53 Å². The molecule has 1 saturated heterocycles. The number of benzene rings is 2. The highest BCUT2D eigenvalue weighted by Crippen LogP contribution is 2.17. The normalized spacial score (nSPS) is 14.7. The van der Waals surface area contributed by atoms with Crippen molar-refractivity contribution in [2.45, 2.75) is 0 Å². The summed E-state index contributed by atoms with van der Waals surface area (Å²) >= 11 is 0. The molecule has 3 rings (SSSR count). The van der Waals surface area contributed by atoms with E-state index in [1.807, 2.05) is 0 Å². The van der Waals surface area contributed by atoms with Gasteiger partial charge in [-0.3, -0.25) is 9.59 Å². The highest BCUT2D eigenvalue weighted by atomic mass is 19.1. The summed E-state index contributed by atoms with van der Waals surface area (Å²) in [5.74, 6) is -0.892. The molecule has 0 saturated carbocycles. The summed E-state index contributed by atoms with van der Waals surface area (Å²) in [4.78, 5) is 26.0. The van der Waals surface area contributed by atoms with E-state index in [1.54, 1.807) is 24.3 Å². The van der Waals surface area contributed by atoms with Crippen molar-refractivity contribution in [3.63, 3.8) is 0 Å². The minimum absolute atomic E-state index is 0.149. The van der Waals surface area contributed by atoms with E-state index < -0.39 is 0 Å². The molecule has 0 bridgehead atoms. The van der Waals surface area contributed by atoms with E-state index in [2.05, 4.69) is 10.6 Å². The van der Waals surface area contributed by atoms with Crippen LogP contribution in [0.4, 0.5) is 15.8 Å². The lowest BCUT2D eigenvalue weighted by atomic mass is 10.1. The molecule has 7 heteroatoms. The maximum atomic E-state index is 13.0. The summed E-state index contributed by atoms with van der Waals surface area (Å²) < 4.78 is 18.3. The first-order valence-electron chi connectivity index (χ1n) is 8.49. The number of amides is 2. The molecule has 2 aromatic rings. The van der Waals surface area contributed by atoms with Crippen LogP contribution in [-0.4, -0.2) is 44.7 Å². The lowest BCUT2D eigenvalue weighted by Crippen LogP contribution is -3.15. The Morgan fingerprint density at radius 1 is 1.00 bits per heavy atom. The molecule has 0 aliphatic carbocycles. The fourth-order valence-electron chi connectivity index (χ4n) is 2.78. The summed E-state index contributed by atoms with van der Waals surface area (Å²) in [6, 6.07) is 12.3. The molecule has 136 valence electrons. The van der Waals surface area contributed by atoms with E-state index in [4.69, 9.17) is 4.74 Å². The Kier molecular flexibility index (Phi) is 5.93. The Hall–Kier alpha value is -2.77. The van der Waals surface area contributed by atoms with Crippen LogP contribution in [0.25, 0.3) is 0 Å². The van der Waals surface area contributed by atoms with Gasteiger partial charge in [0.25, 0.3) is 11.8 Å². The van der Waals surface area contributed by atoms with Crippen molar-refractivity contribution >= 4 is 23.2 Å². The van der Waals surface area contributed by atoms with Crippen molar-refractivity contribution in [2.24, 2.45) is 0 Å². The van der Waals surface area contributed by atoms with Gasteiger partial charge in [-0.1, -0.05) is 12.1 Å². The number of rotatable bonds is 5. The number of para-hydroxylation sites is 1. The van der Waals surface area contributed by atoms with Crippen molar-refractivity contribution in [2.75, 3.05) is 43.5 Å². The second-order valence-electron chi connectivity index (χ2n) is 6.09. The molecule has 1 aliphatic heterocycles. The smallest absolute Gasteiger partial charge is 0.279 e. The molecule has 0 spiro atoms. The molecular weight excluding hydrogens is 337 g/mol. The molecule has 0 radical (unpaired) electrons. The van der Waals surface area contributed by atoms with Gasteiger partial charge >= 0.3 is 0 Å². The molecule has 0 atom stereocenters. The molecule has 1 aliphatic rings. The zero-order valence-electron chi connectivity index (χ0n) is 14.3. The average Bonchev–Trinajstić information content (AvgIpc) is 2.65. The van der Waals surface area contributed by atoms with E-state index in [1.165, 1.54) is 24.3 Å². The van der Waals surface area contributed by atoms with Gasteiger partial charge in [-0.25, -0.2) is 4.39 Å². The number of hydrogen-bond donors (Lipinski definition) is 3. The largest absolute Gasteiger partial charge is 0.370 e. The second-order valence-corrected chi connectivity index (χ2v) is 6.09. The van der Waals surface area contributed by atoms with Gasteiger partial charge in [-0.15, -0.1) is 0 Å². The van der Waals surface area contributed by atoms with Crippen LogP contribution < -0.4 is 15.5 Å². The third kappa shape index (κ3) is 4.87. The monoisotopic (exact) mass is 358 g/mol. The summed E-state index contributed by atoms with van der Waals surface area (Å²) in [6.07, 6.45) is 0. The van der Waals surface area contributed by atoms with Crippen molar-refractivity contribution in [1.82, 2.24) is 0 Å². The number of morpholine rings is 1. The van der Waals surface area contributed by atoms with Crippen molar-refractivity contribution in [1.29, 1.82) is 0 Å². The van der Waals surface area contributed by atoms with E-state index in [9.17, 15) is 14.0 Å². The highest BCUT2D eigenvalue weighted by Gasteiger charge is 2.19. The zero-order valence-corrected chi connectivity index (χ0v) is 14.3. The van der Waals surface area contributed by atoms with Gasteiger partial charge in [0.05, 0.1) is 24.5 Å². The van der Waals surface area contributed by atoms with Crippen LogP contribution in [0.15, 0.2) is 48.5 Å². The highest BCUT2D eigenvalue weighted by molar-refractivity contribution is 6.10. The molecular formula is C19H21FN3O3+. The van der Waals surface area contributed by atoms with Crippen LogP contribution in [0.5, 0.6) is 0 Å². The minimum Gasteiger partial charge on any atom is -0.370 e. The summed E-state index contributed by atoms with van der Waals surface area (Å²) in [6.45, 7) is 3.22. The second kappa shape index (κ2) is 8.55. The first-order chi connectivity index (χ1) is 12.6. The Bertz CT molecular complexity index is 774. The van der Waals surface area contributed by atoms with Gasteiger partial charge < -0.3 is 20.3 Å². The molecule has 0 unspecified atom stereocenters. The van der Waals surface area contributed by atoms with Crippen molar-refractivity contribution < 1.29 is 23.6 Å². The number of halogens is 1. The van der Waals surface area contributed by atoms with Crippen LogP contribution >= 0.6 is 0 Å². The molecule has 2 amide bonds. The Morgan fingerprint density at radius 2 is 1.69 bits per heavy atom. The Labute approximate surface area is 150 Å². The number of hydrogen-bond acceptors (Lipinski definition) is 3. The van der Waals surface area contributed by atoms with Gasteiger partial charge in [0.2, 0.25) is 0 Å². The fraction of sp³-hybridized carbons (Fsp3) is 0.263. The lowest BCUT2D eigenvalue weighted by Gasteiger charge is -2.23. The average molecular weight is 358 g/mol. The Balaban J connectivity index is 1.65. The van der Waals surface area contributed by atoms with Gasteiger partial charge in [0, 0.05) is 5.69 Å². The molecule has 2 aromatic carbocycles. The minimum atomic E-state index is -0.374. The standard InChI is InChI=1S/C19H20FN3O3/c20-14-5-7-15(8-6-14)21-19(25)16-3-1-2-4-17(16)22-18(24)13-23-9-11-26-12-10-23/h1-8H,9-13H2,(H,21,25)(H,22,24)/p+1. The summed E-state index contributed by atoms with van der Waals surface area (Å²) in [5.41, 5.74) is 1.28. The first kappa shape index (κ1) is 18.0. The van der Waals surface area contributed by atoms with Crippen molar-refractivity contribution in [3.05, 3.63) is 59.9 Å². The lowest BCUT2D eigenvalue weighted by molar-refractivity contribution is -0.899. The maximum Gasteiger partial charge on any atom is 0.279 e. The van der Waals surface area contributed by atoms with Gasteiger partial charge in [-0.2, -0.15) is 0 Å². The van der Waals surface area contributed by atoms with Gasteiger partial charge in [0.1, 0.15) is 18.9 Å². The number of nitrogens with one attached hydrogen (secondary N) is 3. The third-order valence-corrected chi connectivity index (χ3v) is 4.16. The van der Waals surface area contributed by atoms with E-state index >= 15 is 0 Å². The summed E-state index contributed by atoms with van der Waals surface area (Å²) in [7, 11) is 0. The predicted octanol–water partition coefficient (Wildman–Crippen LogP) is 0.932. The van der Waals surface area contributed by atoms with Crippen LogP contribution in [0.2, 0.25) is 0 Å². The first-order valence-corrected chi connectivity index (χ1v) is 8.49. The maximum absolute atomic E-state index is 13.0. The SMILES string of the molecule is O=C(C[NH+]1CCOCC1)Nc1ccccc1C(=O)Nc1ccc(F)cc1. The fourth-order valence-corrected chi connectivity index (χ4v) is 2.78. The molecule has 6 nitrogen and oxygen atoms in total. The Morgan fingerprint density at radius 3 is 2.42 bits per heavy atom. The predicted molar refractivity (Wildman–Crippen MR) is 95.8 cm³/mol. The third-order valence-electron chi connectivity index (χ3n) is 4.16. The number of carbonyl (C=O) groups excluding carboxylic acids is 2. The van der Waals surface area contributed by atoms with E-state index in [0.717, 1.165) is 18.0 Å². The number of carbonyl (C=O) groups is 2. The molecule has 26 heavy (non-hydrogen) atoms. The number of quaternary nitrogens is 1. The quantitative estimate of drug-likeness (QED) is 0.745. The summed E-state index contributed by atoms with van der Waals surface area (Å²) in [5, 5.41) is 5.51. The van der Waals surface area contributed by atoms with E-state index in [-0.39, 0.29) is 17.6 Å². The van der Waals surface area contributed by atoms with Crippen LogP contribution in [0.1, 0.15) is 10.4 Å². The number of ether oxygens (including phenoxy) is 1. The molecule has 0 aromatic heterocycles. The topological polar surface area (TPSA) is 71.9 Å². The van der Waals surface area contributed by atoms with Crippen molar-refractivity contribution in [3.8, 4) is 0 Å². The van der Waals surface area contributed by atoms with E-state index in [0.29, 0.717) is 36.7 Å². The molecule has 1 fully saturated rings. The number of anilines is 2. The van der Waals surface area contributed by atoms with Crippen LogP contribution in [0.3, 0.4) is 0 Å². The van der Waals surface area contributed by atoms with Gasteiger partial charge in [-0.05, 0) is 36.4 Å². The molecule has 3 N–H and O–H groups in total. The van der Waals surface area contributed by atoms with Gasteiger partial charge in [0.15, 0.2) is 6.54 Å².